The summed E-state index contributed by atoms with van der Waals surface area (Å²) in [5.74, 6) is -0.355. The lowest BCUT2D eigenvalue weighted by Gasteiger charge is -2.14. The first-order valence-corrected chi connectivity index (χ1v) is 8.13. The lowest BCUT2D eigenvalue weighted by Crippen LogP contribution is -3.07. The Morgan fingerprint density at radius 3 is 2.83 bits per heavy atom. The van der Waals surface area contributed by atoms with Crippen molar-refractivity contribution in [3.8, 4) is 5.00 Å². The van der Waals surface area contributed by atoms with Gasteiger partial charge in [-0.2, -0.15) is 0 Å². The predicted molar refractivity (Wildman–Crippen MR) is 85.5 cm³/mol. The molecule has 2 aromatic heterocycles. The first-order valence-electron chi connectivity index (χ1n) is 6.87. The summed E-state index contributed by atoms with van der Waals surface area (Å²) in [7, 11) is 1.83. The Bertz CT molecular complexity index is 840. The van der Waals surface area contributed by atoms with E-state index in [0.29, 0.717) is 22.1 Å². The fourth-order valence-electron chi connectivity index (χ4n) is 2.22. The third-order valence-electron chi connectivity index (χ3n) is 3.31. The van der Waals surface area contributed by atoms with E-state index < -0.39 is 0 Å². The van der Waals surface area contributed by atoms with Crippen LogP contribution < -0.4 is 10.6 Å². The summed E-state index contributed by atoms with van der Waals surface area (Å²) in [6.45, 7) is 0.596. The summed E-state index contributed by atoms with van der Waals surface area (Å²) in [5, 5.41) is 10.7. The van der Waals surface area contributed by atoms with Gasteiger partial charge in [-0.05, 0) is 40.1 Å². The van der Waals surface area contributed by atoms with E-state index in [1.807, 2.05) is 18.5 Å². The first kappa shape index (κ1) is 15.9. The van der Waals surface area contributed by atoms with E-state index in [2.05, 4.69) is 10.4 Å². The molecule has 0 fully saturated rings. The number of benzene rings is 1. The van der Waals surface area contributed by atoms with Crippen molar-refractivity contribution in [1.29, 1.82) is 0 Å². The molecule has 2 heterocycles. The van der Waals surface area contributed by atoms with E-state index in [9.17, 15) is 9.18 Å². The molecule has 0 aliphatic carbocycles. The Balaban J connectivity index is 1.76. The van der Waals surface area contributed by atoms with Gasteiger partial charge in [0, 0.05) is 0 Å². The maximum atomic E-state index is 13.8. The normalized spacial score (nSPS) is 12.5. The molecule has 1 aromatic carbocycles. The van der Waals surface area contributed by atoms with Gasteiger partial charge in [0.15, 0.2) is 6.67 Å². The zero-order valence-corrected chi connectivity index (χ0v) is 13.8. The second-order valence-corrected chi connectivity index (χ2v) is 6.45. The molecule has 3 rings (SSSR count). The van der Waals surface area contributed by atoms with Gasteiger partial charge in [0.05, 0.1) is 17.6 Å². The van der Waals surface area contributed by atoms with Crippen molar-refractivity contribution in [3.63, 3.8) is 0 Å². The molecule has 0 aliphatic rings. The number of thiophene rings is 1. The fourth-order valence-corrected chi connectivity index (χ4v) is 3.11. The Kier molecular flexibility index (Phi) is 4.56. The second kappa shape index (κ2) is 6.61. The van der Waals surface area contributed by atoms with Crippen molar-refractivity contribution < 1.29 is 9.29 Å². The quantitative estimate of drug-likeness (QED) is 0.742. The summed E-state index contributed by atoms with van der Waals surface area (Å²) in [6, 6.07) is 8.21. The van der Waals surface area contributed by atoms with Crippen LogP contribution in [0.15, 0.2) is 40.5 Å². The molecule has 1 N–H and O–H groups in total. The number of hydrogen-bond donors (Lipinski definition) is 1. The zero-order chi connectivity index (χ0) is 16.4. The van der Waals surface area contributed by atoms with Crippen molar-refractivity contribution in [2.75, 3.05) is 7.05 Å². The molecular weight excluding hydrogens is 341 g/mol. The van der Waals surface area contributed by atoms with Gasteiger partial charge in [0.2, 0.25) is 0 Å². The van der Waals surface area contributed by atoms with Crippen molar-refractivity contribution >= 4 is 22.9 Å². The van der Waals surface area contributed by atoms with E-state index in [1.165, 1.54) is 26.8 Å². The van der Waals surface area contributed by atoms with Crippen molar-refractivity contribution in [2.45, 2.75) is 13.2 Å². The molecule has 0 amide bonds. The van der Waals surface area contributed by atoms with Crippen LogP contribution in [0.2, 0.25) is 5.02 Å². The van der Waals surface area contributed by atoms with Gasteiger partial charge in [-0.15, -0.1) is 20.7 Å². The van der Waals surface area contributed by atoms with Crippen molar-refractivity contribution in [2.24, 2.45) is 0 Å². The Morgan fingerprint density at radius 1 is 1.30 bits per heavy atom. The van der Waals surface area contributed by atoms with Crippen LogP contribution in [0.1, 0.15) is 5.56 Å². The van der Waals surface area contributed by atoms with E-state index in [4.69, 9.17) is 11.6 Å². The number of quaternary nitrogens is 1. The van der Waals surface area contributed by atoms with Crippen LogP contribution >= 0.6 is 22.9 Å². The van der Waals surface area contributed by atoms with Crippen LogP contribution in [-0.4, -0.2) is 26.8 Å². The van der Waals surface area contributed by atoms with E-state index in [0.717, 1.165) is 4.90 Å². The van der Waals surface area contributed by atoms with Crippen molar-refractivity contribution in [3.05, 3.63) is 62.6 Å². The summed E-state index contributed by atoms with van der Waals surface area (Å²) >= 11 is 7.43. The highest BCUT2D eigenvalue weighted by Gasteiger charge is 2.16. The highest BCUT2D eigenvalue weighted by Crippen LogP contribution is 2.17. The molecule has 1 unspecified atom stereocenters. The van der Waals surface area contributed by atoms with Crippen LogP contribution in [0.5, 0.6) is 0 Å². The predicted octanol–water partition coefficient (Wildman–Crippen LogP) is 0.955. The van der Waals surface area contributed by atoms with Gasteiger partial charge in [-0.25, -0.2) is 9.18 Å². The topological polar surface area (TPSA) is 57.2 Å². The summed E-state index contributed by atoms with van der Waals surface area (Å²) in [5.41, 5.74) is 0.0943. The minimum absolute atomic E-state index is 0.259. The molecule has 0 spiro atoms. The number of rotatable bonds is 5. The third kappa shape index (κ3) is 3.34. The second-order valence-electron chi connectivity index (χ2n) is 5.12. The number of aromatic nitrogens is 4. The lowest BCUT2D eigenvalue weighted by atomic mass is 10.2. The smallest absolute Gasteiger partial charge is 0.315 e. The van der Waals surface area contributed by atoms with Crippen LogP contribution in [0.3, 0.4) is 0 Å². The molecule has 9 heteroatoms. The molecule has 6 nitrogen and oxygen atoms in total. The van der Waals surface area contributed by atoms with Gasteiger partial charge in [-0.3, -0.25) is 0 Å². The van der Waals surface area contributed by atoms with Gasteiger partial charge >= 0.3 is 5.69 Å². The molecule has 0 aliphatic heterocycles. The zero-order valence-electron chi connectivity index (χ0n) is 12.2. The number of nitrogens with zero attached hydrogens (tertiary/aromatic N) is 4. The van der Waals surface area contributed by atoms with Gasteiger partial charge < -0.3 is 4.90 Å². The van der Waals surface area contributed by atoms with E-state index in [-0.39, 0.29) is 18.2 Å². The molecular formula is C14H14ClFN5OS+. The maximum Gasteiger partial charge on any atom is 0.374 e. The first-order chi connectivity index (χ1) is 11.1. The van der Waals surface area contributed by atoms with Gasteiger partial charge in [0.25, 0.3) is 0 Å². The standard InChI is InChI=1S/C14H13ClFN5OS/c1-19(8-10-11(15)4-2-5-12(10)16)9-20-14(22)21(18-17-20)13-6-3-7-23-13/h2-7H,8-9H2,1H3/p+1. The van der Waals surface area contributed by atoms with Gasteiger partial charge in [0.1, 0.15) is 17.4 Å². The van der Waals surface area contributed by atoms with E-state index >= 15 is 0 Å². The lowest BCUT2D eigenvalue weighted by molar-refractivity contribution is -0.917. The summed E-state index contributed by atoms with van der Waals surface area (Å²) in [4.78, 5) is 13.1. The highest BCUT2D eigenvalue weighted by atomic mass is 35.5. The van der Waals surface area contributed by atoms with E-state index in [1.54, 1.807) is 18.2 Å². The summed E-state index contributed by atoms with van der Waals surface area (Å²) in [6.07, 6.45) is 0. The molecule has 0 bridgehead atoms. The molecule has 0 saturated carbocycles. The third-order valence-corrected chi connectivity index (χ3v) is 4.51. The molecule has 0 saturated heterocycles. The average Bonchev–Trinajstić information content (AvgIpc) is 3.14. The molecule has 1 atom stereocenters. The van der Waals surface area contributed by atoms with Crippen LogP contribution in [0.25, 0.3) is 5.00 Å². The minimum Gasteiger partial charge on any atom is -0.315 e. The molecule has 120 valence electrons. The Labute approximate surface area is 140 Å². The largest absolute Gasteiger partial charge is 0.374 e. The van der Waals surface area contributed by atoms with Crippen LogP contribution in [0.4, 0.5) is 4.39 Å². The van der Waals surface area contributed by atoms with Crippen LogP contribution in [0, 0.1) is 5.82 Å². The molecule has 0 radical (unpaired) electrons. The monoisotopic (exact) mass is 354 g/mol. The number of tetrazole rings is 1. The summed E-state index contributed by atoms with van der Waals surface area (Å²) < 4.78 is 16.3. The Morgan fingerprint density at radius 2 is 2.13 bits per heavy atom. The molecule has 3 aromatic rings. The van der Waals surface area contributed by atoms with Gasteiger partial charge in [-0.1, -0.05) is 17.7 Å². The Hall–Kier alpha value is -2.03. The SMILES string of the molecule is C[NH+](Cc1c(F)cccc1Cl)Cn1nnn(-c2cccs2)c1=O. The van der Waals surface area contributed by atoms with Crippen LogP contribution in [-0.2, 0) is 13.2 Å². The maximum absolute atomic E-state index is 13.8. The highest BCUT2D eigenvalue weighted by molar-refractivity contribution is 7.12. The minimum atomic E-state index is -0.355. The molecule has 23 heavy (non-hydrogen) atoms. The number of hydrogen-bond acceptors (Lipinski definition) is 4. The fraction of sp³-hybridized carbons (Fsp3) is 0.214. The number of halogens is 2. The number of nitrogens with one attached hydrogen (secondary N) is 1. The average molecular weight is 355 g/mol. The van der Waals surface area contributed by atoms with Crippen molar-refractivity contribution in [1.82, 2.24) is 19.8 Å².